The van der Waals surface area contributed by atoms with Crippen molar-refractivity contribution in [3.8, 4) is 0 Å². The van der Waals surface area contributed by atoms with Crippen molar-refractivity contribution in [2.45, 2.75) is 30.0 Å². The van der Waals surface area contributed by atoms with Crippen LogP contribution in [0.1, 0.15) is 31.2 Å². The molecule has 0 bridgehead atoms. The predicted molar refractivity (Wildman–Crippen MR) is 64.4 cm³/mol. The number of hydrogen-bond acceptors (Lipinski definition) is 0. The molecule has 0 aliphatic heterocycles. The molecule has 5 heteroatoms. The first-order chi connectivity index (χ1) is 6.88. The van der Waals surface area contributed by atoms with Crippen LogP contribution in [0.25, 0.3) is 0 Å². The van der Waals surface area contributed by atoms with Crippen LogP contribution in [0, 0.1) is 0 Å². The molecule has 1 aromatic heterocycles. The molecular formula is C10H16Cl3N2+. The van der Waals surface area contributed by atoms with Crippen LogP contribution in [0.4, 0.5) is 0 Å². The molecule has 0 aromatic carbocycles. The summed E-state index contributed by atoms with van der Waals surface area (Å²) >= 11 is 17.6. The molecule has 0 saturated carbocycles. The fourth-order valence-corrected chi connectivity index (χ4v) is 2.09. The summed E-state index contributed by atoms with van der Waals surface area (Å²) < 4.78 is 2.54. The lowest BCUT2D eigenvalue weighted by Gasteiger charge is -2.03. The summed E-state index contributed by atoms with van der Waals surface area (Å²) in [6.07, 6.45) is 3.33. The average Bonchev–Trinajstić information content (AvgIpc) is 2.41. The minimum atomic E-state index is -1.35. The van der Waals surface area contributed by atoms with Crippen LogP contribution in [0.5, 0.6) is 0 Å². The molecule has 1 heterocycles. The number of rotatable bonds is 3. The number of aromatic nitrogens is 2. The second-order valence-corrected chi connectivity index (χ2v) is 5.95. The highest BCUT2D eigenvalue weighted by Crippen LogP contribution is 2.36. The Hall–Kier alpha value is 0.0800. The molecule has 0 aliphatic rings. The molecule has 86 valence electrons. The van der Waals surface area contributed by atoms with E-state index in [0.29, 0.717) is 5.69 Å². The van der Waals surface area contributed by atoms with Gasteiger partial charge >= 0.3 is 0 Å². The minimum Gasteiger partial charge on any atom is -0.161 e. The van der Waals surface area contributed by atoms with Crippen LogP contribution in [0.3, 0.4) is 0 Å². The number of nitrogens with zero attached hydrogens (tertiary/aromatic N) is 2. The van der Waals surface area contributed by atoms with E-state index in [0.717, 1.165) is 19.3 Å². The normalized spacial score (nSPS) is 12.1. The Morgan fingerprint density at radius 1 is 1.40 bits per heavy atom. The Morgan fingerprint density at radius 2 is 2.00 bits per heavy atom. The molecule has 0 N–H and O–H groups in total. The van der Waals surface area contributed by atoms with Gasteiger partial charge in [-0.15, -0.1) is 4.68 Å². The lowest BCUT2D eigenvalue weighted by Crippen LogP contribution is -2.43. The second kappa shape index (κ2) is 4.94. The summed E-state index contributed by atoms with van der Waals surface area (Å²) in [7, 11) is 3.87. The van der Waals surface area contributed by atoms with E-state index in [1.54, 1.807) is 0 Å². The number of unbranched alkanes of at least 4 members (excludes halogenated alkanes) is 1. The van der Waals surface area contributed by atoms with Gasteiger partial charge in [0.15, 0.2) is 7.05 Å². The van der Waals surface area contributed by atoms with Gasteiger partial charge in [0.25, 0.3) is 9.49 Å². The SMILES string of the molecule is CCCCc1cc(C(Cl)(Cl)Cl)[n+](C)n1C. The van der Waals surface area contributed by atoms with Gasteiger partial charge in [-0.05, 0) is 12.8 Å². The van der Waals surface area contributed by atoms with Crippen LogP contribution in [-0.2, 0) is 24.3 Å². The molecule has 1 aromatic rings. The lowest BCUT2D eigenvalue weighted by atomic mass is 10.2. The van der Waals surface area contributed by atoms with Crippen molar-refractivity contribution in [1.82, 2.24) is 4.68 Å². The number of aryl methyl sites for hydroxylation is 1. The Labute approximate surface area is 106 Å². The fourth-order valence-electron chi connectivity index (χ4n) is 1.56. The molecule has 15 heavy (non-hydrogen) atoms. The van der Waals surface area contributed by atoms with Crippen molar-refractivity contribution in [3.05, 3.63) is 17.5 Å². The molecule has 0 fully saturated rings. The molecule has 2 nitrogen and oxygen atoms in total. The average molecular weight is 271 g/mol. The van der Waals surface area contributed by atoms with Crippen molar-refractivity contribution in [2.75, 3.05) is 0 Å². The second-order valence-electron chi connectivity index (χ2n) is 3.67. The number of alkyl halides is 3. The first kappa shape index (κ1) is 13.1. The maximum atomic E-state index is 5.88. The Morgan fingerprint density at radius 3 is 2.40 bits per heavy atom. The van der Waals surface area contributed by atoms with Crippen LogP contribution in [0.15, 0.2) is 6.07 Å². The van der Waals surface area contributed by atoms with E-state index >= 15 is 0 Å². The smallest absolute Gasteiger partial charge is 0.161 e. The summed E-state index contributed by atoms with van der Waals surface area (Å²) in [6, 6.07) is 1.96. The van der Waals surface area contributed by atoms with Gasteiger partial charge in [0.2, 0.25) is 0 Å². The highest BCUT2D eigenvalue weighted by Gasteiger charge is 2.35. The number of hydrogen-bond donors (Lipinski definition) is 0. The lowest BCUT2D eigenvalue weighted by molar-refractivity contribution is -0.758. The van der Waals surface area contributed by atoms with E-state index in [9.17, 15) is 0 Å². The largest absolute Gasteiger partial charge is 0.277 e. The molecular weight excluding hydrogens is 254 g/mol. The molecule has 0 amide bonds. The van der Waals surface area contributed by atoms with Gasteiger partial charge in [0.1, 0.15) is 0 Å². The Bertz CT molecular complexity index is 339. The van der Waals surface area contributed by atoms with E-state index in [-0.39, 0.29) is 0 Å². The van der Waals surface area contributed by atoms with Gasteiger partial charge in [-0.25, -0.2) is 0 Å². The van der Waals surface area contributed by atoms with E-state index in [2.05, 4.69) is 6.92 Å². The van der Waals surface area contributed by atoms with E-state index in [4.69, 9.17) is 34.8 Å². The zero-order valence-corrected chi connectivity index (χ0v) is 11.5. The summed E-state index contributed by atoms with van der Waals surface area (Å²) in [4.78, 5) is 0. The number of halogens is 3. The Kier molecular flexibility index (Phi) is 4.33. The monoisotopic (exact) mass is 269 g/mol. The van der Waals surface area contributed by atoms with Crippen LogP contribution >= 0.6 is 34.8 Å². The Balaban J connectivity index is 3.02. The van der Waals surface area contributed by atoms with Crippen molar-refractivity contribution >= 4 is 34.8 Å². The standard InChI is InChI=1S/C10H16Cl3N2/c1-4-5-6-8-7-9(10(11,12)13)15(3)14(8)2/h7H,4-6H2,1-3H3/q+1. The summed E-state index contributed by atoms with van der Waals surface area (Å²) in [5.74, 6) is 0. The summed E-state index contributed by atoms with van der Waals surface area (Å²) in [5, 5.41) is 0. The maximum absolute atomic E-state index is 5.88. The zero-order chi connectivity index (χ0) is 11.6. The van der Waals surface area contributed by atoms with Gasteiger partial charge in [-0.3, -0.25) is 0 Å². The maximum Gasteiger partial charge on any atom is 0.277 e. The molecule has 0 saturated heterocycles. The van der Waals surface area contributed by atoms with Gasteiger partial charge in [0.05, 0.1) is 12.7 Å². The van der Waals surface area contributed by atoms with E-state index in [1.165, 1.54) is 5.69 Å². The highest BCUT2D eigenvalue weighted by atomic mass is 35.6. The van der Waals surface area contributed by atoms with Gasteiger partial charge < -0.3 is 0 Å². The minimum absolute atomic E-state index is 0.709. The van der Waals surface area contributed by atoms with Gasteiger partial charge in [-0.2, -0.15) is 4.68 Å². The quantitative estimate of drug-likeness (QED) is 0.590. The summed E-state index contributed by atoms with van der Waals surface area (Å²) in [6.45, 7) is 2.17. The topological polar surface area (TPSA) is 8.81 Å². The third-order valence-corrected chi connectivity index (χ3v) is 3.18. The molecule has 0 spiro atoms. The fraction of sp³-hybridized carbons (Fsp3) is 0.700. The van der Waals surface area contributed by atoms with Crippen molar-refractivity contribution in [1.29, 1.82) is 0 Å². The van der Waals surface area contributed by atoms with Crippen LogP contribution in [0.2, 0.25) is 0 Å². The molecule has 0 atom stereocenters. The van der Waals surface area contributed by atoms with Crippen LogP contribution in [-0.4, -0.2) is 4.68 Å². The summed E-state index contributed by atoms with van der Waals surface area (Å²) in [5.41, 5.74) is 1.90. The third-order valence-electron chi connectivity index (χ3n) is 2.59. The van der Waals surface area contributed by atoms with Crippen LogP contribution < -0.4 is 4.68 Å². The van der Waals surface area contributed by atoms with E-state index in [1.807, 2.05) is 29.5 Å². The van der Waals surface area contributed by atoms with Crippen molar-refractivity contribution < 1.29 is 4.68 Å². The first-order valence-electron chi connectivity index (χ1n) is 5.00. The third kappa shape index (κ3) is 3.02. The van der Waals surface area contributed by atoms with Gasteiger partial charge in [-0.1, -0.05) is 48.1 Å². The van der Waals surface area contributed by atoms with Crippen molar-refractivity contribution in [3.63, 3.8) is 0 Å². The van der Waals surface area contributed by atoms with Crippen molar-refractivity contribution in [2.24, 2.45) is 14.1 Å². The zero-order valence-electron chi connectivity index (χ0n) is 9.23. The highest BCUT2D eigenvalue weighted by molar-refractivity contribution is 6.66. The van der Waals surface area contributed by atoms with E-state index < -0.39 is 3.79 Å². The predicted octanol–water partition coefficient (Wildman–Crippen LogP) is 3.02. The first-order valence-corrected chi connectivity index (χ1v) is 6.13. The molecule has 0 unspecified atom stereocenters. The molecule has 0 radical (unpaired) electrons. The molecule has 0 aliphatic carbocycles. The van der Waals surface area contributed by atoms with Gasteiger partial charge in [0, 0.05) is 6.07 Å². The molecule has 1 rings (SSSR count).